The summed E-state index contributed by atoms with van der Waals surface area (Å²) in [5, 5.41) is 10.2. The third kappa shape index (κ3) is 9.66. The van der Waals surface area contributed by atoms with Gasteiger partial charge < -0.3 is 49.7 Å². The van der Waals surface area contributed by atoms with Gasteiger partial charge >= 0.3 is 12.2 Å². The molecule has 0 saturated carbocycles. The van der Waals surface area contributed by atoms with Crippen molar-refractivity contribution < 1.29 is 42.9 Å². The van der Waals surface area contributed by atoms with Crippen LogP contribution in [-0.2, 0) is 39.9 Å². The molecular formula is C43H53N7O9. The molecule has 4 N–H and O–H groups in total. The van der Waals surface area contributed by atoms with E-state index in [-0.39, 0.29) is 17.9 Å². The van der Waals surface area contributed by atoms with Crippen LogP contribution in [0.15, 0.2) is 66.9 Å². The Morgan fingerprint density at radius 2 is 1.27 bits per heavy atom. The molecule has 2 aliphatic heterocycles. The molecule has 2 aliphatic rings. The largest absolute Gasteiger partial charge is 0.453 e. The minimum Gasteiger partial charge on any atom is -0.453 e. The van der Waals surface area contributed by atoms with Gasteiger partial charge in [0, 0.05) is 39.4 Å². The predicted molar refractivity (Wildman–Crippen MR) is 219 cm³/mol. The molecule has 6 atom stereocenters. The fraction of sp³-hybridized carbons (Fsp3) is 0.442. The Kier molecular flexibility index (Phi) is 13.8. The highest BCUT2D eigenvalue weighted by molar-refractivity contribution is 5.93. The second kappa shape index (κ2) is 19.2. The molecule has 2 fully saturated rings. The first-order chi connectivity index (χ1) is 28.5. The second-order valence-corrected chi connectivity index (χ2v) is 14.9. The summed E-state index contributed by atoms with van der Waals surface area (Å²) in [7, 11) is 5.42. The van der Waals surface area contributed by atoms with Gasteiger partial charge in [-0.25, -0.2) is 14.6 Å². The highest BCUT2D eigenvalue weighted by Crippen LogP contribution is 2.34. The molecule has 3 aromatic carbocycles. The number of hydrogen-bond acceptors (Lipinski definition) is 10. The number of aromatic nitrogens is 2. The summed E-state index contributed by atoms with van der Waals surface area (Å²) in [5.74, 6) is -0.227. The maximum atomic E-state index is 13.6. The van der Waals surface area contributed by atoms with Gasteiger partial charge in [0.05, 0.1) is 44.4 Å². The number of rotatable bonds is 14. The number of carbonyl (C=O) groups excluding carboxylic acids is 5. The highest BCUT2D eigenvalue weighted by atomic mass is 16.5. The van der Waals surface area contributed by atoms with Crippen molar-refractivity contribution in [2.24, 2.45) is 0 Å². The van der Waals surface area contributed by atoms with E-state index in [9.17, 15) is 24.0 Å². The van der Waals surface area contributed by atoms with Crippen LogP contribution in [-0.4, -0.2) is 122 Å². The number of hydrogen-bond donors (Lipinski definition) is 4. The van der Waals surface area contributed by atoms with E-state index >= 15 is 0 Å². The van der Waals surface area contributed by atoms with Crippen molar-refractivity contribution in [2.75, 3.05) is 41.5 Å². The molecular weight excluding hydrogens is 759 g/mol. The Labute approximate surface area is 343 Å². The van der Waals surface area contributed by atoms with E-state index in [0.717, 1.165) is 51.6 Å². The van der Waals surface area contributed by atoms with Crippen molar-refractivity contribution in [2.45, 2.75) is 82.5 Å². The molecule has 5 amide bonds. The van der Waals surface area contributed by atoms with Crippen molar-refractivity contribution in [1.29, 1.82) is 0 Å². The van der Waals surface area contributed by atoms with Crippen LogP contribution in [0.5, 0.6) is 0 Å². The Bertz CT molecular complexity index is 2140. The molecule has 0 spiro atoms. The quantitative estimate of drug-likeness (QED) is 0.139. The van der Waals surface area contributed by atoms with Crippen LogP contribution in [0.25, 0.3) is 33.2 Å². The molecule has 59 heavy (non-hydrogen) atoms. The van der Waals surface area contributed by atoms with Gasteiger partial charge in [-0.05, 0) is 79.1 Å². The van der Waals surface area contributed by atoms with Crippen LogP contribution in [0.4, 0.5) is 9.59 Å². The van der Waals surface area contributed by atoms with Crippen LogP contribution in [0, 0.1) is 0 Å². The van der Waals surface area contributed by atoms with Crippen molar-refractivity contribution in [3.63, 3.8) is 0 Å². The topological polar surface area (TPSA) is 194 Å². The number of ether oxygens (including phenoxy) is 4. The van der Waals surface area contributed by atoms with Gasteiger partial charge in [-0.2, -0.15) is 0 Å². The number of likely N-dealkylation sites (tertiary alicyclic amines) is 2. The second-order valence-electron chi connectivity index (χ2n) is 14.9. The van der Waals surface area contributed by atoms with Gasteiger partial charge in [0.1, 0.15) is 23.9 Å². The summed E-state index contributed by atoms with van der Waals surface area (Å²) in [4.78, 5) is 75.7. The molecule has 6 unspecified atom stereocenters. The standard InChI is InChI=1S/C43H53N7O9/c1-25(56-3)36(47-42(54)58-5)40(52)49-19-7-9-34(49)38-44-24-33(46-38)32-18-17-30-21-29(15-16-31(30)22-32)28-13-11-27(12-14-28)23-45-39(51)35-10-8-20-50(35)41(53)37(26(2)57-4)48-43(55)59-6/h11-18,21-22,24-26,34-37H,7-10,19-20,23H2,1-6H3,(H,44,46)(H,45,51)(H,47,54)(H,48,55). The molecule has 2 saturated heterocycles. The maximum absolute atomic E-state index is 13.6. The van der Waals surface area contributed by atoms with Crippen LogP contribution in [0.2, 0.25) is 0 Å². The number of aromatic amines is 1. The van der Waals surface area contributed by atoms with E-state index in [1.807, 2.05) is 30.3 Å². The van der Waals surface area contributed by atoms with Gasteiger partial charge in [0.25, 0.3) is 0 Å². The normalized spacial score (nSPS) is 18.5. The molecule has 3 heterocycles. The number of benzene rings is 3. The minimum atomic E-state index is -0.992. The third-order valence-corrected chi connectivity index (χ3v) is 11.3. The van der Waals surface area contributed by atoms with Crippen LogP contribution in [0.3, 0.4) is 0 Å². The number of nitrogens with zero attached hydrogens (tertiary/aromatic N) is 3. The summed E-state index contributed by atoms with van der Waals surface area (Å²) >= 11 is 0. The maximum Gasteiger partial charge on any atom is 0.407 e. The number of fused-ring (bicyclic) bond motifs is 1. The number of nitrogens with one attached hydrogen (secondary N) is 4. The average Bonchev–Trinajstić information content (AvgIpc) is 4.07. The molecule has 6 rings (SSSR count). The molecule has 0 bridgehead atoms. The van der Waals surface area contributed by atoms with Crippen molar-refractivity contribution in [3.05, 3.63) is 78.2 Å². The minimum absolute atomic E-state index is 0.256. The van der Waals surface area contributed by atoms with E-state index in [1.165, 1.54) is 33.3 Å². The fourth-order valence-electron chi connectivity index (χ4n) is 7.75. The van der Waals surface area contributed by atoms with E-state index < -0.39 is 48.4 Å². The van der Waals surface area contributed by atoms with Gasteiger partial charge in [-0.15, -0.1) is 0 Å². The zero-order valence-corrected chi connectivity index (χ0v) is 34.3. The molecule has 314 valence electrons. The SMILES string of the molecule is COC(=O)NC(C(=O)N1CCCC1C(=O)NCc1ccc(-c2ccc3cc(-c4cnc(C5CCCN5C(=O)C(NC(=O)OC)C(C)OC)[nH]4)ccc3c2)cc1)C(C)OC. The van der Waals surface area contributed by atoms with Crippen LogP contribution < -0.4 is 16.0 Å². The smallest absolute Gasteiger partial charge is 0.407 e. The fourth-order valence-corrected chi connectivity index (χ4v) is 7.75. The Morgan fingerprint density at radius 1 is 0.729 bits per heavy atom. The lowest BCUT2D eigenvalue weighted by Gasteiger charge is -2.30. The molecule has 0 radical (unpaired) electrons. The first kappa shape index (κ1) is 42.6. The highest BCUT2D eigenvalue weighted by Gasteiger charge is 2.40. The monoisotopic (exact) mass is 811 g/mol. The summed E-state index contributed by atoms with van der Waals surface area (Å²) in [6.45, 7) is 4.63. The van der Waals surface area contributed by atoms with E-state index in [2.05, 4.69) is 61.0 Å². The zero-order chi connectivity index (χ0) is 42.2. The molecule has 4 aromatic rings. The lowest BCUT2D eigenvalue weighted by atomic mass is 9.98. The van der Waals surface area contributed by atoms with E-state index in [1.54, 1.807) is 24.9 Å². The molecule has 0 aliphatic carbocycles. The Morgan fingerprint density at radius 3 is 1.88 bits per heavy atom. The summed E-state index contributed by atoms with van der Waals surface area (Å²) in [6, 6.07) is 17.6. The Balaban J connectivity index is 1.08. The van der Waals surface area contributed by atoms with Gasteiger partial charge in [0.15, 0.2) is 0 Å². The van der Waals surface area contributed by atoms with Crippen LogP contribution in [0.1, 0.15) is 57.0 Å². The Hall–Kier alpha value is -6.00. The lowest BCUT2D eigenvalue weighted by Crippen LogP contribution is -2.57. The number of methoxy groups -OCH3 is 4. The number of carbonyl (C=O) groups is 5. The summed E-state index contributed by atoms with van der Waals surface area (Å²) in [5.41, 5.74) is 4.76. The summed E-state index contributed by atoms with van der Waals surface area (Å²) in [6.07, 6.45) is 1.86. The lowest BCUT2D eigenvalue weighted by molar-refractivity contribution is -0.142. The number of amides is 5. The predicted octanol–water partition coefficient (Wildman–Crippen LogP) is 4.69. The van der Waals surface area contributed by atoms with Gasteiger partial charge in [0.2, 0.25) is 17.7 Å². The van der Waals surface area contributed by atoms with Crippen molar-refractivity contribution in [1.82, 2.24) is 35.7 Å². The first-order valence-corrected chi connectivity index (χ1v) is 19.8. The van der Waals surface area contributed by atoms with E-state index in [0.29, 0.717) is 38.3 Å². The first-order valence-electron chi connectivity index (χ1n) is 19.8. The number of H-pyrrole nitrogens is 1. The van der Waals surface area contributed by atoms with Gasteiger partial charge in [-0.3, -0.25) is 14.4 Å². The van der Waals surface area contributed by atoms with Crippen molar-refractivity contribution >= 4 is 40.7 Å². The third-order valence-electron chi connectivity index (χ3n) is 11.3. The van der Waals surface area contributed by atoms with Crippen LogP contribution >= 0.6 is 0 Å². The average molecular weight is 812 g/mol. The van der Waals surface area contributed by atoms with Crippen molar-refractivity contribution in [3.8, 4) is 22.4 Å². The number of imidazole rings is 1. The van der Waals surface area contributed by atoms with E-state index in [4.69, 9.17) is 14.2 Å². The van der Waals surface area contributed by atoms with Gasteiger partial charge in [-0.1, -0.05) is 48.5 Å². The molecule has 16 heteroatoms. The number of alkyl carbamates (subject to hydrolysis) is 2. The summed E-state index contributed by atoms with van der Waals surface area (Å²) < 4.78 is 20.2. The molecule has 16 nitrogen and oxygen atoms in total. The molecule has 1 aromatic heterocycles. The zero-order valence-electron chi connectivity index (χ0n) is 34.3.